The van der Waals surface area contributed by atoms with Gasteiger partial charge in [-0.3, -0.25) is 14.9 Å². The maximum absolute atomic E-state index is 12.9. The van der Waals surface area contributed by atoms with Crippen LogP contribution >= 0.6 is 0 Å². The fourth-order valence-electron chi connectivity index (χ4n) is 2.33. The normalized spacial score (nSPS) is 16.0. The zero-order chi connectivity index (χ0) is 16.4. The standard InChI is InChI=1S/C17H15NO5/c1-11-5-2-3-6-13(11)17(19)16-14(18(20)21)7-4-8-15(16)23-10-12-9-22-12/h2-8,12H,9-10H2,1H3. The number of epoxide rings is 1. The first-order valence-electron chi connectivity index (χ1n) is 7.20. The van der Waals surface area contributed by atoms with Crippen LogP contribution in [0.1, 0.15) is 21.5 Å². The highest BCUT2D eigenvalue weighted by Gasteiger charge is 2.29. The highest BCUT2D eigenvalue weighted by molar-refractivity contribution is 6.14. The van der Waals surface area contributed by atoms with E-state index in [0.29, 0.717) is 12.2 Å². The molecule has 0 aromatic heterocycles. The Morgan fingerprint density at radius 3 is 2.70 bits per heavy atom. The van der Waals surface area contributed by atoms with Crippen LogP contribution in [0.3, 0.4) is 0 Å². The summed E-state index contributed by atoms with van der Waals surface area (Å²) < 4.78 is 10.7. The summed E-state index contributed by atoms with van der Waals surface area (Å²) in [6.07, 6.45) is -0.00400. The van der Waals surface area contributed by atoms with Crippen molar-refractivity contribution in [1.29, 1.82) is 0 Å². The van der Waals surface area contributed by atoms with Gasteiger partial charge in [-0.15, -0.1) is 0 Å². The number of ether oxygens (including phenoxy) is 2. The number of nitro groups is 1. The molecule has 0 spiro atoms. The molecule has 0 N–H and O–H groups in total. The minimum atomic E-state index is -0.564. The van der Waals surface area contributed by atoms with Gasteiger partial charge < -0.3 is 9.47 Å². The number of ketones is 1. The van der Waals surface area contributed by atoms with Crippen LogP contribution < -0.4 is 4.74 Å². The Morgan fingerprint density at radius 1 is 1.30 bits per heavy atom. The van der Waals surface area contributed by atoms with Gasteiger partial charge in [0.1, 0.15) is 24.0 Å². The Labute approximate surface area is 132 Å². The van der Waals surface area contributed by atoms with Crippen molar-refractivity contribution >= 4 is 11.5 Å². The molecular weight excluding hydrogens is 298 g/mol. The summed E-state index contributed by atoms with van der Waals surface area (Å²) in [4.78, 5) is 23.6. The lowest BCUT2D eigenvalue weighted by atomic mass is 9.97. The Morgan fingerprint density at radius 2 is 2.04 bits per heavy atom. The number of carbonyl (C=O) groups is 1. The molecule has 1 aliphatic rings. The molecule has 1 atom stereocenters. The average Bonchev–Trinajstić information content (AvgIpc) is 3.36. The van der Waals surface area contributed by atoms with Gasteiger partial charge in [-0.2, -0.15) is 0 Å². The fourth-order valence-corrected chi connectivity index (χ4v) is 2.33. The summed E-state index contributed by atoms with van der Waals surface area (Å²) in [5.41, 5.74) is 0.904. The van der Waals surface area contributed by atoms with Crippen LogP contribution in [0.15, 0.2) is 42.5 Å². The average molecular weight is 313 g/mol. The van der Waals surface area contributed by atoms with Crippen LogP contribution in [0.4, 0.5) is 5.69 Å². The first-order valence-corrected chi connectivity index (χ1v) is 7.20. The Balaban J connectivity index is 2.05. The topological polar surface area (TPSA) is 82.0 Å². The molecule has 0 aliphatic carbocycles. The van der Waals surface area contributed by atoms with E-state index in [0.717, 1.165) is 5.56 Å². The second-order valence-corrected chi connectivity index (χ2v) is 5.32. The largest absolute Gasteiger partial charge is 0.490 e. The highest BCUT2D eigenvalue weighted by Crippen LogP contribution is 2.32. The van der Waals surface area contributed by atoms with E-state index < -0.39 is 10.7 Å². The highest BCUT2D eigenvalue weighted by atomic mass is 16.6. The molecule has 0 radical (unpaired) electrons. The predicted molar refractivity (Wildman–Crippen MR) is 82.9 cm³/mol. The molecule has 1 aliphatic heterocycles. The molecule has 6 nitrogen and oxygen atoms in total. The second kappa shape index (κ2) is 6.18. The van der Waals surface area contributed by atoms with Crippen LogP contribution in [-0.2, 0) is 4.74 Å². The number of hydrogen-bond acceptors (Lipinski definition) is 5. The number of nitrogens with zero attached hydrogens (tertiary/aromatic N) is 1. The van der Waals surface area contributed by atoms with E-state index in [2.05, 4.69) is 0 Å². The summed E-state index contributed by atoms with van der Waals surface area (Å²) in [6, 6.07) is 11.4. The molecule has 1 unspecified atom stereocenters. The minimum Gasteiger partial charge on any atom is -0.490 e. The fraction of sp³-hybridized carbons (Fsp3) is 0.235. The van der Waals surface area contributed by atoms with Crippen LogP contribution in [0.2, 0.25) is 0 Å². The van der Waals surface area contributed by atoms with Gasteiger partial charge in [0.25, 0.3) is 5.69 Å². The van der Waals surface area contributed by atoms with Crippen molar-refractivity contribution in [2.24, 2.45) is 0 Å². The first-order chi connectivity index (χ1) is 11.1. The Hall–Kier alpha value is -2.73. The smallest absolute Gasteiger partial charge is 0.284 e. The van der Waals surface area contributed by atoms with Gasteiger partial charge in [0.2, 0.25) is 5.78 Å². The zero-order valence-corrected chi connectivity index (χ0v) is 12.5. The lowest BCUT2D eigenvalue weighted by Crippen LogP contribution is -2.12. The Kier molecular flexibility index (Phi) is 4.08. The third-order valence-corrected chi connectivity index (χ3v) is 3.64. The molecule has 2 aromatic rings. The number of nitro benzene ring substituents is 1. The maximum Gasteiger partial charge on any atom is 0.284 e. The molecule has 2 aromatic carbocycles. The van der Waals surface area contributed by atoms with Crippen molar-refractivity contribution < 1.29 is 19.2 Å². The van der Waals surface area contributed by atoms with Crippen molar-refractivity contribution in [2.75, 3.05) is 13.2 Å². The van der Waals surface area contributed by atoms with E-state index >= 15 is 0 Å². The molecule has 6 heteroatoms. The molecule has 118 valence electrons. The summed E-state index contributed by atoms with van der Waals surface area (Å²) >= 11 is 0. The summed E-state index contributed by atoms with van der Waals surface area (Å²) in [5.74, 6) is -0.204. The monoisotopic (exact) mass is 313 g/mol. The van der Waals surface area contributed by atoms with Crippen molar-refractivity contribution in [2.45, 2.75) is 13.0 Å². The molecular formula is C17H15NO5. The number of aryl methyl sites for hydroxylation is 1. The number of carbonyl (C=O) groups excluding carboxylic acids is 1. The number of rotatable bonds is 6. The van der Waals surface area contributed by atoms with Gasteiger partial charge in [-0.25, -0.2) is 0 Å². The second-order valence-electron chi connectivity index (χ2n) is 5.32. The quantitative estimate of drug-likeness (QED) is 0.354. The van der Waals surface area contributed by atoms with Gasteiger partial charge in [0.05, 0.1) is 11.5 Å². The maximum atomic E-state index is 12.9. The molecule has 0 amide bonds. The summed E-state index contributed by atoms with van der Waals surface area (Å²) in [5, 5.41) is 11.3. The van der Waals surface area contributed by atoms with Crippen molar-refractivity contribution in [1.82, 2.24) is 0 Å². The van der Waals surface area contributed by atoms with E-state index in [1.54, 1.807) is 31.2 Å². The van der Waals surface area contributed by atoms with E-state index in [1.165, 1.54) is 12.1 Å². The summed E-state index contributed by atoms with van der Waals surface area (Å²) in [6.45, 7) is 2.67. The van der Waals surface area contributed by atoms with Crippen molar-refractivity contribution in [3.8, 4) is 5.75 Å². The van der Waals surface area contributed by atoms with E-state index in [-0.39, 0.29) is 29.7 Å². The van der Waals surface area contributed by atoms with Crippen molar-refractivity contribution in [3.05, 3.63) is 69.3 Å². The van der Waals surface area contributed by atoms with Gasteiger partial charge in [0.15, 0.2) is 0 Å². The number of benzene rings is 2. The van der Waals surface area contributed by atoms with Crippen molar-refractivity contribution in [3.63, 3.8) is 0 Å². The molecule has 1 heterocycles. The summed E-state index contributed by atoms with van der Waals surface area (Å²) in [7, 11) is 0. The first kappa shape index (κ1) is 15.2. The lowest BCUT2D eigenvalue weighted by molar-refractivity contribution is -0.385. The zero-order valence-electron chi connectivity index (χ0n) is 12.5. The van der Waals surface area contributed by atoms with Crippen LogP contribution in [0, 0.1) is 17.0 Å². The third kappa shape index (κ3) is 3.22. The van der Waals surface area contributed by atoms with Gasteiger partial charge in [-0.1, -0.05) is 30.3 Å². The third-order valence-electron chi connectivity index (χ3n) is 3.64. The van der Waals surface area contributed by atoms with E-state index in [1.807, 2.05) is 6.07 Å². The van der Waals surface area contributed by atoms with Crippen LogP contribution in [0.25, 0.3) is 0 Å². The number of hydrogen-bond donors (Lipinski definition) is 0. The molecule has 23 heavy (non-hydrogen) atoms. The molecule has 1 fully saturated rings. The molecule has 0 saturated carbocycles. The van der Waals surface area contributed by atoms with Gasteiger partial charge >= 0.3 is 0 Å². The lowest BCUT2D eigenvalue weighted by Gasteiger charge is -2.11. The Bertz CT molecular complexity index is 767. The van der Waals surface area contributed by atoms with E-state index in [9.17, 15) is 14.9 Å². The van der Waals surface area contributed by atoms with Crippen LogP contribution in [0.5, 0.6) is 5.75 Å². The minimum absolute atomic E-state index is 0.00400. The van der Waals surface area contributed by atoms with Crippen LogP contribution in [-0.4, -0.2) is 30.0 Å². The molecule has 3 rings (SSSR count). The van der Waals surface area contributed by atoms with Gasteiger partial charge in [-0.05, 0) is 18.6 Å². The van der Waals surface area contributed by atoms with E-state index in [4.69, 9.17) is 9.47 Å². The molecule has 0 bridgehead atoms. The van der Waals surface area contributed by atoms with Gasteiger partial charge in [0, 0.05) is 11.6 Å². The molecule has 1 saturated heterocycles. The SMILES string of the molecule is Cc1ccccc1C(=O)c1c(OCC2CO2)cccc1[N+](=O)[O-]. The predicted octanol–water partition coefficient (Wildman–Crippen LogP) is 2.91.